The maximum Gasteiger partial charge on any atom is 0.123 e. The van der Waals surface area contributed by atoms with Crippen molar-refractivity contribution in [1.29, 1.82) is 0 Å². The number of aryl methyl sites for hydroxylation is 1. The van der Waals surface area contributed by atoms with E-state index in [2.05, 4.69) is 26.1 Å². The van der Waals surface area contributed by atoms with Gasteiger partial charge in [-0.2, -0.15) is 0 Å². The quantitative estimate of drug-likeness (QED) is 0.821. The summed E-state index contributed by atoms with van der Waals surface area (Å²) < 4.78 is 13.3. The zero-order valence-electron chi connectivity index (χ0n) is 14.1. The van der Waals surface area contributed by atoms with Gasteiger partial charge in [-0.05, 0) is 75.6 Å². The molecule has 1 aromatic rings. The Morgan fingerprint density at radius 3 is 2.38 bits per heavy atom. The predicted octanol–water partition coefficient (Wildman–Crippen LogP) is 5.02. The minimum absolute atomic E-state index is 0.123. The van der Waals surface area contributed by atoms with Gasteiger partial charge < -0.3 is 5.32 Å². The second-order valence-electron chi connectivity index (χ2n) is 7.91. The molecule has 1 aromatic carbocycles. The monoisotopic (exact) mass is 291 g/mol. The van der Waals surface area contributed by atoms with E-state index in [1.807, 2.05) is 13.0 Å². The molecular formula is C19H30FN. The summed E-state index contributed by atoms with van der Waals surface area (Å²) in [5, 5.41) is 3.71. The minimum atomic E-state index is -0.123. The van der Waals surface area contributed by atoms with Crippen molar-refractivity contribution in [3.8, 4) is 0 Å². The van der Waals surface area contributed by atoms with Crippen LogP contribution in [-0.4, -0.2) is 12.1 Å². The molecule has 1 N–H and O–H groups in total. The molecule has 0 saturated heterocycles. The zero-order valence-corrected chi connectivity index (χ0v) is 14.1. The van der Waals surface area contributed by atoms with Gasteiger partial charge in [0.25, 0.3) is 0 Å². The molecule has 1 saturated carbocycles. The van der Waals surface area contributed by atoms with Gasteiger partial charge in [0, 0.05) is 12.1 Å². The number of hydrogen-bond donors (Lipinski definition) is 1. The highest BCUT2D eigenvalue weighted by atomic mass is 19.1. The van der Waals surface area contributed by atoms with Crippen LogP contribution in [0.3, 0.4) is 0 Å². The Bertz CT molecular complexity index is 467. The minimum Gasteiger partial charge on any atom is -0.312 e. The highest BCUT2D eigenvalue weighted by molar-refractivity contribution is 5.28. The third-order valence-corrected chi connectivity index (χ3v) is 4.78. The van der Waals surface area contributed by atoms with Crippen LogP contribution in [0.1, 0.15) is 64.0 Å². The van der Waals surface area contributed by atoms with E-state index in [0.29, 0.717) is 5.41 Å². The third-order valence-electron chi connectivity index (χ3n) is 4.78. The van der Waals surface area contributed by atoms with E-state index in [1.54, 1.807) is 12.1 Å². The summed E-state index contributed by atoms with van der Waals surface area (Å²) in [5.41, 5.74) is 2.90. The van der Waals surface area contributed by atoms with Gasteiger partial charge in [-0.15, -0.1) is 0 Å². The molecule has 0 heterocycles. The van der Waals surface area contributed by atoms with E-state index in [-0.39, 0.29) is 11.4 Å². The van der Waals surface area contributed by atoms with Crippen molar-refractivity contribution in [3.05, 3.63) is 35.1 Å². The maximum atomic E-state index is 13.3. The first-order valence-corrected chi connectivity index (χ1v) is 8.30. The van der Waals surface area contributed by atoms with Crippen molar-refractivity contribution in [2.75, 3.05) is 6.54 Å². The van der Waals surface area contributed by atoms with E-state index in [0.717, 1.165) is 18.5 Å². The van der Waals surface area contributed by atoms with Crippen LogP contribution in [0.15, 0.2) is 18.2 Å². The van der Waals surface area contributed by atoms with E-state index in [4.69, 9.17) is 0 Å². The van der Waals surface area contributed by atoms with Gasteiger partial charge in [-0.3, -0.25) is 0 Å². The molecule has 0 radical (unpaired) electrons. The second kappa shape index (κ2) is 6.48. The molecule has 0 atom stereocenters. The summed E-state index contributed by atoms with van der Waals surface area (Å²) in [6.45, 7) is 9.78. The zero-order chi connectivity index (χ0) is 15.5. The average Bonchev–Trinajstić information content (AvgIpc) is 2.41. The average molecular weight is 291 g/mol. The first-order chi connectivity index (χ1) is 9.80. The van der Waals surface area contributed by atoms with Crippen LogP contribution in [0.2, 0.25) is 0 Å². The van der Waals surface area contributed by atoms with Crippen LogP contribution in [0.4, 0.5) is 4.39 Å². The molecule has 0 unspecified atom stereocenters. The van der Waals surface area contributed by atoms with Crippen LogP contribution in [0.25, 0.3) is 0 Å². The lowest BCUT2D eigenvalue weighted by atomic mass is 9.69. The van der Waals surface area contributed by atoms with Crippen LogP contribution in [0.5, 0.6) is 0 Å². The lowest BCUT2D eigenvalue weighted by molar-refractivity contribution is 0.165. The van der Waals surface area contributed by atoms with Gasteiger partial charge >= 0.3 is 0 Å². The van der Waals surface area contributed by atoms with Gasteiger partial charge in [-0.25, -0.2) is 4.39 Å². The van der Waals surface area contributed by atoms with Gasteiger partial charge in [0.2, 0.25) is 0 Å². The molecule has 2 heteroatoms. The molecular weight excluding hydrogens is 261 g/mol. The molecule has 0 spiro atoms. The number of benzene rings is 1. The fourth-order valence-corrected chi connectivity index (χ4v) is 3.43. The lowest BCUT2D eigenvalue weighted by Crippen LogP contribution is -2.45. The first-order valence-electron chi connectivity index (χ1n) is 8.30. The normalized spacial score (nSPS) is 18.7. The largest absolute Gasteiger partial charge is 0.312 e. The molecule has 118 valence electrons. The topological polar surface area (TPSA) is 12.0 Å². The molecule has 21 heavy (non-hydrogen) atoms. The summed E-state index contributed by atoms with van der Waals surface area (Å²) >= 11 is 0. The lowest BCUT2D eigenvalue weighted by Gasteiger charge is -2.40. The summed E-state index contributed by atoms with van der Waals surface area (Å²) in [5.74, 6) is -0.123. The second-order valence-corrected chi connectivity index (χ2v) is 7.91. The maximum absolute atomic E-state index is 13.3. The summed E-state index contributed by atoms with van der Waals surface area (Å²) in [6, 6.07) is 5.26. The third kappa shape index (κ3) is 4.81. The SMILES string of the molecule is Cc1cc(F)ccc1CC1(CNC(C)(C)C)CCCCC1. The molecule has 0 bridgehead atoms. The smallest absolute Gasteiger partial charge is 0.123 e. The molecule has 1 aliphatic rings. The summed E-state index contributed by atoms with van der Waals surface area (Å²) in [7, 11) is 0. The Kier molecular flexibility index (Phi) is 5.08. The van der Waals surface area contributed by atoms with Crippen molar-refractivity contribution in [2.24, 2.45) is 5.41 Å². The van der Waals surface area contributed by atoms with Crippen molar-refractivity contribution >= 4 is 0 Å². The van der Waals surface area contributed by atoms with E-state index in [1.165, 1.54) is 37.7 Å². The summed E-state index contributed by atoms with van der Waals surface area (Å²) in [4.78, 5) is 0. The molecule has 1 aliphatic carbocycles. The molecule has 1 fully saturated rings. The molecule has 2 rings (SSSR count). The highest BCUT2D eigenvalue weighted by Gasteiger charge is 2.33. The Balaban J connectivity index is 2.15. The molecule has 0 amide bonds. The van der Waals surface area contributed by atoms with E-state index in [9.17, 15) is 4.39 Å². The van der Waals surface area contributed by atoms with Crippen LogP contribution >= 0.6 is 0 Å². The Morgan fingerprint density at radius 2 is 1.81 bits per heavy atom. The Hall–Kier alpha value is -0.890. The van der Waals surface area contributed by atoms with E-state index < -0.39 is 0 Å². The van der Waals surface area contributed by atoms with Crippen LogP contribution < -0.4 is 5.32 Å². The number of nitrogens with one attached hydrogen (secondary N) is 1. The Labute approximate surface area is 129 Å². The van der Waals surface area contributed by atoms with Crippen molar-refractivity contribution in [1.82, 2.24) is 5.32 Å². The summed E-state index contributed by atoms with van der Waals surface area (Å²) in [6.07, 6.45) is 7.65. The van der Waals surface area contributed by atoms with Gasteiger partial charge in [0.15, 0.2) is 0 Å². The number of rotatable bonds is 4. The predicted molar refractivity (Wildman–Crippen MR) is 88.1 cm³/mol. The fraction of sp³-hybridized carbons (Fsp3) is 0.684. The standard InChI is InChI=1S/C19H30FN/c1-15-12-17(20)9-8-16(15)13-19(10-6-5-7-11-19)14-21-18(2,3)4/h8-9,12,21H,5-7,10-11,13-14H2,1-4H3. The Morgan fingerprint density at radius 1 is 1.14 bits per heavy atom. The molecule has 1 nitrogen and oxygen atoms in total. The van der Waals surface area contributed by atoms with Crippen molar-refractivity contribution in [3.63, 3.8) is 0 Å². The van der Waals surface area contributed by atoms with Crippen molar-refractivity contribution < 1.29 is 4.39 Å². The van der Waals surface area contributed by atoms with Gasteiger partial charge in [-0.1, -0.05) is 25.3 Å². The van der Waals surface area contributed by atoms with Gasteiger partial charge in [0.05, 0.1) is 0 Å². The first kappa shape index (κ1) is 16.5. The van der Waals surface area contributed by atoms with Crippen LogP contribution in [-0.2, 0) is 6.42 Å². The van der Waals surface area contributed by atoms with Crippen LogP contribution in [0, 0.1) is 18.2 Å². The fourth-order valence-electron chi connectivity index (χ4n) is 3.43. The highest BCUT2D eigenvalue weighted by Crippen LogP contribution is 2.39. The van der Waals surface area contributed by atoms with Crippen molar-refractivity contribution in [2.45, 2.75) is 71.8 Å². The molecule has 0 aromatic heterocycles. The number of hydrogen-bond acceptors (Lipinski definition) is 1. The van der Waals surface area contributed by atoms with E-state index >= 15 is 0 Å². The van der Waals surface area contributed by atoms with Gasteiger partial charge in [0.1, 0.15) is 5.82 Å². The number of halogens is 1. The molecule has 0 aliphatic heterocycles.